The lowest BCUT2D eigenvalue weighted by atomic mass is 9.58. The third-order valence-corrected chi connectivity index (χ3v) is 7.30. The number of carbonyl (C=O) groups is 1. The van der Waals surface area contributed by atoms with Crippen LogP contribution in [0.4, 0.5) is 0 Å². The topological polar surface area (TPSA) is 54.7 Å². The Hall–Kier alpha value is -2.79. The van der Waals surface area contributed by atoms with E-state index in [-0.39, 0.29) is 17.4 Å². The number of amides is 1. The molecule has 2 heterocycles. The average molecular weight is 435 g/mol. The predicted octanol–water partition coefficient (Wildman–Crippen LogP) is 4.72. The van der Waals surface area contributed by atoms with Crippen molar-refractivity contribution in [2.75, 3.05) is 26.7 Å². The van der Waals surface area contributed by atoms with Gasteiger partial charge in [0.05, 0.1) is 13.4 Å². The Morgan fingerprint density at radius 1 is 1.38 bits per heavy atom. The van der Waals surface area contributed by atoms with Crippen molar-refractivity contribution in [3.05, 3.63) is 72.2 Å². The fourth-order valence-electron chi connectivity index (χ4n) is 5.60. The van der Waals surface area contributed by atoms with Gasteiger partial charge >= 0.3 is 0 Å². The zero-order chi connectivity index (χ0) is 22.6. The van der Waals surface area contributed by atoms with Crippen LogP contribution in [-0.4, -0.2) is 43.6 Å². The van der Waals surface area contributed by atoms with Crippen LogP contribution >= 0.6 is 0 Å². The second kappa shape index (κ2) is 9.78. The van der Waals surface area contributed by atoms with Crippen LogP contribution in [0.2, 0.25) is 0 Å². The first-order valence-electron chi connectivity index (χ1n) is 11.5. The van der Waals surface area contributed by atoms with Gasteiger partial charge in [-0.05, 0) is 74.9 Å². The molecule has 5 nitrogen and oxygen atoms in total. The van der Waals surface area contributed by atoms with Crippen LogP contribution in [-0.2, 0) is 10.2 Å². The van der Waals surface area contributed by atoms with Crippen molar-refractivity contribution in [2.24, 2.45) is 5.92 Å². The minimum absolute atomic E-state index is 0.0427. The van der Waals surface area contributed by atoms with Gasteiger partial charge in [0.1, 0.15) is 11.5 Å². The summed E-state index contributed by atoms with van der Waals surface area (Å²) in [5.41, 5.74) is 2.32. The van der Waals surface area contributed by atoms with Crippen molar-refractivity contribution in [2.45, 2.75) is 44.1 Å². The molecular formula is C27H34N2O3. The molecule has 0 unspecified atom stereocenters. The predicted molar refractivity (Wildman–Crippen MR) is 128 cm³/mol. The maximum absolute atomic E-state index is 12.7. The highest BCUT2D eigenvalue weighted by Crippen LogP contribution is 2.49. The molecule has 32 heavy (non-hydrogen) atoms. The SMILES string of the molecule is C=CCN1CC[C@@]2(c3cccc(OC)c3)C[C@H](NC(=O)/C=C/c3ccoc3C)CC[C@@H]2C1. The Labute approximate surface area is 191 Å². The molecule has 0 bridgehead atoms. The highest BCUT2D eigenvalue weighted by molar-refractivity contribution is 5.92. The molecule has 1 aliphatic heterocycles. The van der Waals surface area contributed by atoms with E-state index in [1.54, 1.807) is 19.4 Å². The van der Waals surface area contributed by atoms with E-state index < -0.39 is 0 Å². The summed E-state index contributed by atoms with van der Waals surface area (Å²) in [6.45, 7) is 8.87. The van der Waals surface area contributed by atoms with Gasteiger partial charge in [0.15, 0.2) is 0 Å². The molecule has 1 saturated heterocycles. The molecule has 2 fully saturated rings. The third kappa shape index (κ3) is 4.68. The zero-order valence-electron chi connectivity index (χ0n) is 19.2. The number of hydrogen-bond donors (Lipinski definition) is 1. The first kappa shape index (κ1) is 22.4. The monoisotopic (exact) mass is 434 g/mol. The van der Waals surface area contributed by atoms with Crippen LogP contribution in [0.25, 0.3) is 6.08 Å². The van der Waals surface area contributed by atoms with Gasteiger partial charge in [0, 0.05) is 36.2 Å². The van der Waals surface area contributed by atoms with Gasteiger partial charge in [-0.15, -0.1) is 6.58 Å². The summed E-state index contributed by atoms with van der Waals surface area (Å²) in [7, 11) is 1.72. The molecule has 4 rings (SSSR count). The molecule has 1 saturated carbocycles. The van der Waals surface area contributed by atoms with E-state index in [2.05, 4.69) is 35.0 Å². The molecule has 3 atom stereocenters. The molecule has 0 radical (unpaired) electrons. The highest BCUT2D eigenvalue weighted by Gasteiger charge is 2.48. The van der Waals surface area contributed by atoms with Crippen molar-refractivity contribution in [1.82, 2.24) is 10.2 Å². The summed E-state index contributed by atoms with van der Waals surface area (Å²) in [6.07, 6.45) is 11.2. The number of ether oxygens (including phenoxy) is 1. The summed E-state index contributed by atoms with van der Waals surface area (Å²) >= 11 is 0. The van der Waals surface area contributed by atoms with E-state index in [0.29, 0.717) is 5.92 Å². The van der Waals surface area contributed by atoms with Crippen molar-refractivity contribution in [1.29, 1.82) is 0 Å². The number of nitrogens with one attached hydrogen (secondary N) is 1. The molecule has 1 aromatic heterocycles. The number of hydrogen-bond acceptors (Lipinski definition) is 4. The number of methoxy groups -OCH3 is 1. The van der Waals surface area contributed by atoms with Crippen LogP contribution < -0.4 is 10.1 Å². The molecule has 2 aliphatic rings. The lowest BCUT2D eigenvalue weighted by Gasteiger charge is -2.53. The third-order valence-electron chi connectivity index (χ3n) is 7.30. The van der Waals surface area contributed by atoms with E-state index in [0.717, 1.165) is 62.4 Å². The summed E-state index contributed by atoms with van der Waals surface area (Å²) in [4.78, 5) is 15.2. The van der Waals surface area contributed by atoms with Gasteiger partial charge in [-0.3, -0.25) is 9.69 Å². The van der Waals surface area contributed by atoms with Gasteiger partial charge in [0.2, 0.25) is 5.91 Å². The molecule has 1 aliphatic carbocycles. The molecular weight excluding hydrogens is 400 g/mol. The van der Waals surface area contributed by atoms with E-state index in [4.69, 9.17) is 9.15 Å². The zero-order valence-corrected chi connectivity index (χ0v) is 19.2. The normalized spacial score (nSPS) is 25.9. The maximum Gasteiger partial charge on any atom is 0.244 e. The van der Waals surface area contributed by atoms with E-state index in [9.17, 15) is 4.79 Å². The average Bonchev–Trinajstić information content (AvgIpc) is 3.22. The molecule has 0 spiro atoms. The number of furan rings is 1. The van der Waals surface area contributed by atoms with Gasteiger partial charge in [0.25, 0.3) is 0 Å². The number of nitrogens with zero attached hydrogens (tertiary/aromatic N) is 1. The van der Waals surface area contributed by atoms with Crippen LogP contribution in [0.3, 0.4) is 0 Å². The number of fused-ring (bicyclic) bond motifs is 1. The molecule has 1 aromatic carbocycles. The fraction of sp³-hybridized carbons (Fsp3) is 0.444. The van der Waals surface area contributed by atoms with Crippen LogP contribution in [0.1, 0.15) is 42.6 Å². The molecule has 5 heteroatoms. The van der Waals surface area contributed by atoms with Crippen LogP contribution in [0.15, 0.2) is 59.7 Å². The smallest absolute Gasteiger partial charge is 0.244 e. The van der Waals surface area contributed by atoms with Gasteiger partial charge in [-0.1, -0.05) is 18.2 Å². The summed E-state index contributed by atoms with van der Waals surface area (Å²) in [5.74, 6) is 2.23. The van der Waals surface area contributed by atoms with Crippen molar-refractivity contribution < 1.29 is 13.9 Å². The Kier molecular flexibility index (Phi) is 6.85. The molecule has 1 N–H and O–H groups in total. The minimum atomic E-state index is -0.0427. The first-order chi connectivity index (χ1) is 15.5. The van der Waals surface area contributed by atoms with Gasteiger partial charge in [-0.25, -0.2) is 0 Å². The molecule has 170 valence electrons. The Balaban J connectivity index is 1.53. The van der Waals surface area contributed by atoms with Crippen LogP contribution in [0.5, 0.6) is 5.75 Å². The second-order valence-electron chi connectivity index (χ2n) is 9.14. The number of rotatable bonds is 7. The second-order valence-corrected chi connectivity index (χ2v) is 9.14. The minimum Gasteiger partial charge on any atom is -0.497 e. The number of aryl methyl sites for hydroxylation is 1. The largest absolute Gasteiger partial charge is 0.497 e. The Morgan fingerprint density at radius 3 is 3.00 bits per heavy atom. The van der Waals surface area contributed by atoms with Crippen molar-refractivity contribution in [3.63, 3.8) is 0 Å². The number of likely N-dealkylation sites (tertiary alicyclic amines) is 1. The lowest BCUT2D eigenvalue weighted by molar-refractivity contribution is -0.117. The van der Waals surface area contributed by atoms with Gasteiger partial charge in [-0.2, -0.15) is 0 Å². The maximum atomic E-state index is 12.7. The van der Waals surface area contributed by atoms with E-state index in [1.165, 1.54) is 5.56 Å². The van der Waals surface area contributed by atoms with Crippen molar-refractivity contribution in [3.8, 4) is 5.75 Å². The van der Waals surface area contributed by atoms with Gasteiger partial charge < -0.3 is 14.5 Å². The Morgan fingerprint density at radius 2 is 2.25 bits per heavy atom. The first-order valence-corrected chi connectivity index (χ1v) is 11.5. The number of carbonyl (C=O) groups excluding carboxylic acids is 1. The standard InChI is InChI=1S/C27H34N2O3/c1-4-14-29-15-13-27(22-6-5-7-25(17-22)31-3)18-24(10-9-23(27)19-29)28-26(30)11-8-21-12-16-32-20(21)2/h4-8,11-12,16-17,23-24H,1,9-10,13-15,18-19H2,2-3H3,(H,28,30)/b11-8+/t23-,24-,27+/m1/s1. The molecule has 1 amide bonds. The number of benzene rings is 1. The Bertz CT molecular complexity index is 979. The van der Waals surface area contributed by atoms with E-state index in [1.807, 2.05) is 31.2 Å². The highest BCUT2D eigenvalue weighted by atomic mass is 16.5. The van der Waals surface area contributed by atoms with Crippen molar-refractivity contribution >= 4 is 12.0 Å². The lowest BCUT2D eigenvalue weighted by Crippen LogP contribution is -2.56. The summed E-state index contributed by atoms with van der Waals surface area (Å²) in [5, 5.41) is 3.28. The quantitative estimate of drug-likeness (QED) is 0.506. The number of piperidine rings is 1. The van der Waals surface area contributed by atoms with Crippen LogP contribution in [0, 0.1) is 12.8 Å². The fourth-order valence-corrected chi connectivity index (χ4v) is 5.60. The molecule has 2 aromatic rings. The van der Waals surface area contributed by atoms with E-state index >= 15 is 0 Å². The summed E-state index contributed by atoms with van der Waals surface area (Å²) in [6, 6.07) is 10.6. The summed E-state index contributed by atoms with van der Waals surface area (Å²) < 4.78 is 10.8.